The van der Waals surface area contributed by atoms with Gasteiger partial charge >= 0.3 is 0 Å². The molecule has 4 rings (SSSR count). The summed E-state index contributed by atoms with van der Waals surface area (Å²) in [6.45, 7) is 3.37. The normalized spacial score (nSPS) is 24.3. The summed E-state index contributed by atoms with van der Waals surface area (Å²) >= 11 is 0. The molecule has 19 heavy (non-hydrogen) atoms. The Morgan fingerprint density at radius 2 is 2.21 bits per heavy atom. The van der Waals surface area contributed by atoms with E-state index >= 15 is 0 Å². The Balaban J connectivity index is 1.36. The van der Waals surface area contributed by atoms with Gasteiger partial charge in [-0.3, -0.25) is 4.90 Å². The van der Waals surface area contributed by atoms with E-state index in [1.807, 2.05) is 18.2 Å². The van der Waals surface area contributed by atoms with E-state index in [0.717, 1.165) is 23.9 Å². The molecule has 2 fully saturated rings. The van der Waals surface area contributed by atoms with Crippen molar-refractivity contribution in [3.05, 3.63) is 36.3 Å². The predicted molar refractivity (Wildman–Crippen MR) is 75.0 cm³/mol. The van der Waals surface area contributed by atoms with Crippen molar-refractivity contribution < 1.29 is 0 Å². The number of fused-ring (bicyclic) bond motifs is 1. The van der Waals surface area contributed by atoms with Crippen LogP contribution in [-0.4, -0.2) is 39.5 Å². The Morgan fingerprint density at radius 3 is 3.05 bits per heavy atom. The molecule has 0 bridgehead atoms. The lowest BCUT2D eigenvalue weighted by molar-refractivity contribution is 0.317. The Labute approximate surface area is 113 Å². The van der Waals surface area contributed by atoms with Crippen molar-refractivity contribution in [1.29, 1.82) is 0 Å². The summed E-state index contributed by atoms with van der Waals surface area (Å²) < 4.78 is 2.09. The molecular formula is C15H20N4. The third-order valence-electron chi connectivity index (χ3n) is 4.27. The molecule has 0 amide bonds. The van der Waals surface area contributed by atoms with Gasteiger partial charge in [0, 0.05) is 44.1 Å². The van der Waals surface area contributed by atoms with Gasteiger partial charge in [-0.25, -0.2) is 4.98 Å². The SMILES string of the molecule is c1ccn2cc(CNC3CCN(C4CC4)C3)nc2c1. The molecule has 2 aromatic rings. The molecule has 0 spiro atoms. The van der Waals surface area contributed by atoms with Gasteiger partial charge in [-0.2, -0.15) is 0 Å². The standard InChI is InChI=1S/C15H20N4/c1-2-7-19-11-13(17-15(19)3-1)9-16-12-6-8-18(10-12)14-4-5-14/h1-3,7,11-12,14,16H,4-6,8-10H2. The molecule has 1 N–H and O–H groups in total. The second kappa shape index (κ2) is 4.62. The lowest BCUT2D eigenvalue weighted by Crippen LogP contribution is -2.32. The van der Waals surface area contributed by atoms with Gasteiger partial charge in [0.1, 0.15) is 5.65 Å². The van der Waals surface area contributed by atoms with Crippen LogP contribution in [0.2, 0.25) is 0 Å². The van der Waals surface area contributed by atoms with Crippen molar-refractivity contribution in [1.82, 2.24) is 19.6 Å². The van der Waals surface area contributed by atoms with Crippen molar-refractivity contribution in [2.45, 2.75) is 37.9 Å². The van der Waals surface area contributed by atoms with E-state index in [1.54, 1.807) is 0 Å². The van der Waals surface area contributed by atoms with Crippen LogP contribution in [0.1, 0.15) is 25.0 Å². The zero-order valence-electron chi connectivity index (χ0n) is 11.1. The molecule has 2 aromatic heterocycles. The summed E-state index contributed by atoms with van der Waals surface area (Å²) in [4.78, 5) is 7.27. The highest BCUT2D eigenvalue weighted by Gasteiger charge is 2.34. The van der Waals surface area contributed by atoms with Crippen LogP contribution in [0.15, 0.2) is 30.6 Å². The van der Waals surface area contributed by atoms with Crippen LogP contribution in [0.3, 0.4) is 0 Å². The van der Waals surface area contributed by atoms with Crippen molar-refractivity contribution >= 4 is 5.65 Å². The number of rotatable bonds is 4. The smallest absolute Gasteiger partial charge is 0.137 e. The minimum atomic E-state index is 0.644. The third-order valence-corrected chi connectivity index (χ3v) is 4.27. The largest absolute Gasteiger partial charge is 0.307 e. The highest BCUT2D eigenvalue weighted by Crippen LogP contribution is 2.29. The van der Waals surface area contributed by atoms with Gasteiger partial charge in [0.15, 0.2) is 0 Å². The Morgan fingerprint density at radius 1 is 1.26 bits per heavy atom. The Kier molecular flexibility index (Phi) is 2.78. The van der Waals surface area contributed by atoms with Crippen LogP contribution < -0.4 is 5.32 Å². The van der Waals surface area contributed by atoms with Gasteiger partial charge in [0.25, 0.3) is 0 Å². The van der Waals surface area contributed by atoms with E-state index < -0.39 is 0 Å². The number of nitrogens with zero attached hydrogens (tertiary/aromatic N) is 3. The van der Waals surface area contributed by atoms with Crippen molar-refractivity contribution in [2.75, 3.05) is 13.1 Å². The summed E-state index contributed by atoms with van der Waals surface area (Å²) in [7, 11) is 0. The number of likely N-dealkylation sites (tertiary alicyclic amines) is 1. The zero-order valence-corrected chi connectivity index (χ0v) is 11.1. The maximum Gasteiger partial charge on any atom is 0.137 e. The lowest BCUT2D eigenvalue weighted by atomic mass is 10.2. The molecule has 1 saturated heterocycles. The number of imidazole rings is 1. The summed E-state index contributed by atoms with van der Waals surface area (Å²) in [5.74, 6) is 0. The first kappa shape index (κ1) is 11.4. The van der Waals surface area contributed by atoms with E-state index in [-0.39, 0.29) is 0 Å². The third kappa shape index (κ3) is 2.38. The highest BCUT2D eigenvalue weighted by molar-refractivity contribution is 5.39. The molecular weight excluding hydrogens is 236 g/mol. The zero-order chi connectivity index (χ0) is 12.7. The quantitative estimate of drug-likeness (QED) is 0.903. The maximum absolute atomic E-state index is 4.63. The Bertz CT molecular complexity index is 539. The average Bonchev–Trinajstić information content (AvgIpc) is 3.03. The fraction of sp³-hybridized carbons (Fsp3) is 0.533. The Hall–Kier alpha value is -1.39. The van der Waals surface area contributed by atoms with E-state index in [2.05, 4.69) is 32.0 Å². The van der Waals surface area contributed by atoms with Crippen LogP contribution in [0.25, 0.3) is 5.65 Å². The summed E-state index contributed by atoms with van der Waals surface area (Å²) in [5.41, 5.74) is 2.17. The molecule has 1 aliphatic heterocycles. The fourth-order valence-electron chi connectivity index (χ4n) is 3.05. The first-order valence-corrected chi connectivity index (χ1v) is 7.28. The van der Waals surface area contributed by atoms with E-state index in [9.17, 15) is 0 Å². The number of hydrogen-bond acceptors (Lipinski definition) is 3. The predicted octanol–water partition coefficient (Wildman–Crippen LogP) is 1.66. The summed E-state index contributed by atoms with van der Waals surface area (Å²) in [5, 5.41) is 3.65. The van der Waals surface area contributed by atoms with Crippen molar-refractivity contribution in [3.63, 3.8) is 0 Å². The van der Waals surface area contributed by atoms with Gasteiger partial charge in [0.05, 0.1) is 5.69 Å². The number of hydrogen-bond donors (Lipinski definition) is 1. The van der Waals surface area contributed by atoms with Crippen LogP contribution in [-0.2, 0) is 6.54 Å². The average molecular weight is 256 g/mol. The molecule has 2 aliphatic rings. The number of aromatic nitrogens is 2. The molecule has 1 unspecified atom stereocenters. The molecule has 0 aromatic carbocycles. The lowest BCUT2D eigenvalue weighted by Gasteiger charge is -2.15. The first-order valence-electron chi connectivity index (χ1n) is 7.28. The highest BCUT2D eigenvalue weighted by atomic mass is 15.2. The molecule has 1 aliphatic carbocycles. The molecule has 100 valence electrons. The molecule has 4 nitrogen and oxygen atoms in total. The van der Waals surface area contributed by atoms with Crippen LogP contribution in [0, 0.1) is 0 Å². The van der Waals surface area contributed by atoms with Crippen LogP contribution >= 0.6 is 0 Å². The summed E-state index contributed by atoms with van der Waals surface area (Å²) in [6, 6.07) is 7.67. The molecule has 0 radical (unpaired) electrons. The van der Waals surface area contributed by atoms with E-state index in [1.165, 1.54) is 32.4 Å². The maximum atomic E-state index is 4.63. The fourth-order valence-corrected chi connectivity index (χ4v) is 3.05. The number of nitrogens with one attached hydrogen (secondary N) is 1. The number of pyridine rings is 1. The molecule has 4 heteroatoms. The van der Waals surface area contributed by atoms with E-state index in [4.69, 9.17) is 0 Å². The van der Waals surface area contributed by atoms with Gasteiger partial charge in [-0.05, 0) is 31.4 Å². The first-order chi connectivity index (χ1) is 9.38. The van der Waals surface area contributed by atoms with Gasteiger partial charge in [-0.15, -0.1) is 0 Å². The van der Waals surface area contributed by atoms with Gasteiger partial charge in [-0.1, -0.05) is 6.07 Å². The minimum Gasteiger partial charge on any atom is -0.307 e. The monoisotopic (exact) mass is 256 g/mol. The van der Waals surface area contributed by atoms with E-state index in [0.29, 0.717) is 6.04 Å². The van der Waals surface area contributed by atoms with Crippen molar-refractivity contribution in [2.24, 2.45) is 0 Å². The van der Waals surface area contributed by atoms with Crippen molar-refractivity contribution in [3.8, 4) is 0 Å². The van der Waals surface area contributed by atoms with Crippen LogP contribution in [0.5, 0.6) is 0 Å². The molecule has 1 atom stereocenters. The van der Waals surface area contributed by atoms with Crippen LogP contribution in [0.4, 0.5) is 0 Å². The molecule has 1 saturated carbocycles. The second-order valence-corrected chi connectivity index (χ2v) is 5.79. The minimum absolute atomic E-state index is 0.644. The van der Waals surface area contributed by atoms with Gasteiger partial charge < -0.3 is 9.72 Å². The topological polar surface area (TPSA) is 32.6 Å². The van der Waals surface area contributed by atoms with Gasteiger partial charge in [0.2, 0.25) is 0 Å². The molecule has 3 heterocycles. The summed E-state index contributed by atoms with van der Waals surface area (Å²) in [6.07, 6.45) is 8.29. The second-order valence-electron chi connectivity index (χ2n) is 5.79.